The van der Waals surface area contributed by atoms with Crippen molar-refractivity contribution >= 4 is 17.9 Å². The van der Waals surface area contributed by atoms with E-state index in [1.807, 2.05) is 13.0 Å². The molecule has 0 bridgehead atoms. The summed E-state index contributed by atoms with van der Waals surface area (Å²) in [6.45, 7) is 1.83. The number of furan rings is 2. The van der Waals surface area contributed by atoms with Crippen LogP contribution in [0.2, 0.25) is 0 Å². The van der Waals surface area contributed by atoms with Crippen molar-refractivity contribution in [1.29, 1.82) is 0 Å². The minimum Gasteiger partial charge on any atom is -0.462 e. The highest BCUT2D eigenvalue weighted by Crippen LogP contribution is 2.20. The van der Waals surface area contributed by atoms with Gasteiger partial charge in [0, 0.05) is 6.08 Å². The summed E-state index contributed by atoms with van der Waals surface area (Å²) < 4.78 is 15.5. The highest BCUT2D eigenvalue weighted by atomic mass is 16.6. The minimum absolute atomic E-state index is 0.166. The van der Waals surface area contributed by atoms with E-state index in [9.17, 15) is 4.79 Å². The topological polar surface area (TPSA) is 64.9 Å². The van der Waals surface area contributed by atoms with Crippen LogP contribution in [0.1, 0.15) is 17.3 Å². The molecule has 0 spiro atoms. The van der Waals surface area contributed by atoms with Gasteiger partial charge in [-0.2, -0.15) is 0 Å². The van der Waals surface area contributed by atoms with Gasteiger partial charge in [-0.3, -0.25) is 0 Å². The van der Waals surface area contributed by atoms with Gasteiger partial charge in [-0.1, -0.05) is 0 Å². The third kappa shape index (κ3) is 1.86. The summed E-state index contributed by atoms with van der Waals surface area (Å²) in [6.07, 6.45) is 3.02. The predicted molar refractivity (Wildman–Crippen MR) is 62.8 cm³/mol. The fourth-order valence-electron chi connectivity index (χ4n) is 1.58. The van der Waals surface area contributed by atoms with Crippen LogP contribution in [0.25, 0.3) is 6.08 Å². The second-order valence-electron chi connectivity index (χ2n) is 3.76. The molecule has 5 heteroatoms. The number of hydrogen-bond donors (Lipinski definition) is 0. The first kappa shape index (κ1) is 10.6. The average Bonchev–Trinajstić information content (AvgIpc) is 3.02. The molecule has 3 rings (SSSR count). The summed E-state index contributed by atoms with van der Waals surface area (Å²) in [5.41, 5.74) is 0.191. The quantitative estimate of drug-likeness (QED) is 0.600. The monoisotopic (exact) mass is 243 g/mol. The Bertz CT molecular complexity index is 646. The summed E-state index contributed by atoms with van der Waals surface area (Å²) in [5, 5.41) is 0. The van der Waals surface area contributed by atoms with Crippen molar-refractivity contribution in [2.24, 2.45) is 4.99 Å². The van der Waals surface area contributed by atoms with E-state index in [0.29, 0.717) is 11.5 Å². The van der Waals surface area contributed by atoms with E-state index in [1.165, 1.54) is 12.3 Å². The van der Waals surface area contributed by atoms with E-state index in [0.717, 1.165) is 5.76 Å². The number of ether oxygens (including phenoxy) is 1. The molecule has 0 aliphatic carbocycles. The highest BCUT2D eigenvalue weighted by molar-refractivity contribution is 6.11. The lowest BCUT2D eigenvalue weighted by Crippen LogP contribution is -2.04. The first-order valence-electron chi connectivity index (χ1n) is 5.35. The fourth-order valence-corrected chi connectivity index (χ4v) is 1.58. The fraction of sp³-hybridized carbons (Fsp3) is 0.0769. The van der Waals surface area contributed by atoms with Gasteiger partial charge >= 0.3 is 5.97 Å². The van der Waals surface area contributed by atoms with Crippen LogP contribution in [0.3, 0.4) is 0 Å². The Morgan fingerprint density at radius 1 is 1.28 bits per heavy atom. The average molecular weight is 243 g/mol. The smallest absolute Gasteiger partial charge is 0.364 e. The third-order valence-electron chi connectivity index (χ3n) is 2.39. The molecule has 1 aliphatic heterocycles. The number of hydrogen-bond acceptors (Lipinski definition) is 5. The van der Waals surface area contributed by atoms with Crippen molar-refractivity contribution in [2.45, 2.75) is 6.92 Å². The van der Waals surface area contributed by atoms with E-state index in [2.05, 4.69) is 4.99 Å². The molecule has 0 saturated carbocycles. The molecule has 0 aromatic carbocycles. The van der Waals surface area contributed by atoms with Gasteiger partial charge in [-0.25, -0.2) is 9.79 Å². The van der Waals surface area contributed by atoms with Crippen molar-refractivity contribution in [2.75, 3.05) is 0 Å². The Morgan fingerprint density at radius 2 is 2.17 bits per heavy atom. The van der Waals surface area contributed by atoms with Gasteiger partial charge in [0.25, 0.3) is 5.90 Å². The van der Waals surface area contributed by atoms with Crippen molar-refractivity contribution in [3.8, 4) is 0 Å². The zero-order valence-corrected chi connectivity index (χ0v) is 9.54. The zero-order chi connectivity index (χ0) is 12.5. The van der Waals surface area contributed by atoms with E-state index in [-0.39, 0.29) is 11.6 Å². The van der Waals surface area contributed by atoms with Crippen molar-refractivity contribution in [1.82, 2.24) is 0 Å². The first-order chi connectivity index (χ1) is 8.72. The van der Waals surface area contributed by atoms with E-state index < -0.39 is 5.97 Å². The molecular formula is C13H9NO4. The molecule has 0 amide bonds. The summed E-state index contributed by atoms with van der Waals surface area (Å²) in [5.74, 6) is 1.39. The molecule has 2 aromatic heterocycles. The number of carbonyl (C=O) groups is 1. The maximum absolute atomic E-state index is 11.6. The first-order valence-corrected chi connectivity index (χ1v) is 5.35. The summed E-state index contributed by atoms with van der Waals surface area (Å²) in [4.78, 5) is 15.7. The second kappa shape index (κ2) is 4.03. The van der Waals surface area contributed by atoms with Gasteiger partial charge in [0.05, 0.1) is 6.26 Å². The Hall–Kier alpha value is -2.56. The van der Waals surface area contributed by atoms with Crippen LogP contribution in [0.4, 0.5) is 0 Å². The maximum Gasteiger partial charge on any atom is 0.364 e. The van der Waals surface area contributed by atoms with Gasteiger partial charge in [-0.15, -0.1) is 0 Å². The maximum atomic E-state index is 11.6. The van der Waals surface area contributed by atoms with Crippen LogP contribution in [0.5, 0.6) is 0 Å². The van der Waals surface area contributed by atoms with Crippen LogP contribution >= 0.6 is 0 Å². The van der Waals surface area contributed by atoms with Crippen LogP contribution in [0, 0.1) is 6.92 Å². The van der Waals surface area contributed by atoms with Crippen LogP contribution in [-0.4, -0.2) is 11.9 Å². The number of cyclic esters (lactones) is 1. The molecule has 0 saturated heterocycles. The molecule has 0 unspecified atom stereocenters. The zero-order valence-electron chi connectivity index (χ0n) is 9.54. The number of esters is 1. The van der Waals surface area contributed by atoms with Gasteiger partial charge in [-0.05, 0) is 31.2 Å². The number of nitrogens with zero attached hydrogens (tertiary/aromatic N) is 1. The van der Waals surface area contributed by atoms with Gasteiger partial charge < -0.3 is 13.6 Å². The Labute approximate surface area is 102 Å². The predicted octanol–water partition coefficient (Wildman–Crippen LogP) is 2.53. The summed E-state index contributed by atoms with van der Waals surface area (Å²) in [7, 11) is 0. The molecule has 1 aliphatic rings. The Kier molecular flexibility index (Phi) is 2.37. The number of rotatable bonds is 2. The largest absolute Gasteiger partial charge is 0.462 e. The van der Waals surface area contributed by atoms with E-state index >= 15 is 0 Å². The van der Waals surface area contributed by atoms with Crippen LogP contribution in [-0.2, 0) is 9.53 Å². The van der Waals surface area contributed by atoms with Crippen LogP contribution in [0.15, 0.2) is 50.1 Å². The molecule has 0 radical (unpaired) electrons. The van der Waals surface area contributed by atoms with Crippen LogP contribution < -0.4 is 0 Å². The molecule has 0 N–H and O–H groups in total. The lowest BCUT2D eigenvalue weighted by molar-refractivity contribution is -0.130. The van der Waals surface area contributed by atoms with Gasteiger partial charge in [0.15, 0.2) is 11.5 Å². The SMILES string of the molecule is Cc1ccc(/C=C2\N=C(c3ccco3)OC2=O)o1. The van der Waals surface area contributed by atoms with E-state index in [1.54, 1.807) is 18.2 Å². The highest BCUT2D eigenvalue weighted by Gasteiger charge is 2.26. The summed E-state index contributed by atoms with van der Waals surface area (Å²) in [6, 6.07) is 6.94. The molecule has 0 atom stereocenters. The summed E-state index contributed by atoms with van der Waals surface area (Å²) >= 11 is 0. The molecule has 90 valence electrons. The molecule has 0 fully saturated rings. The van der Waals surface area contributed by atoms with E-state index in [4.69, 9.17) is 13.6 Å². The van der Waals surface area contributed by atoms with Gasteiger partial charge in [0.2, 0.25) is 0 Å². The lowest BCUT2D eigenvalue weighted by Gasteiger charge is -1.92. The molecular weight excluding hydrogens is 234 g/mol. The number of aliphatic imine (C=N–C) groups is 1. The number of carbonyl (C=O) groups excluding carboxylic acids is 1. The van der Waals surface area contributed by atoms with Gasteiger partial charge in [0.1, 0.15) is 11.5 Å². The Morgan fingerprint density at radius 3 is 2.83 bits per heavy atom. The lowest BCUT2D eigenvalue weighted by atomic mass is 10.3. The Balaban J connectivity index is 1.94. The van der Waals surface area contributed by atoms with Crippen molar-refractivity contribution in [3.63, 3.8) is 0 Å². The minimum atomic E-state index is -0.518. The standard InChI is InChI=1S/C13H9NO4/c1-8-4-5-9(17-8)7-10-13(15)18-12(14-10)11-3-2-6-16-11/h2-7H,1H3/b10-7-. The third-order valence-corrected chi connectivity index (χ3v) is 2.39. The number of aryl methyl sites for hydroxylation is 1. The molecule has 5 nitrogen and oxygen atoms in total. The molecule has 18 heavy (non-hydrogen) atoms. The normalized spacial score (nSPS) is 17.1. The van der Waals surface area contributed by atoms with Crippen molar-refractivity contribution in [3.05, 3.63) is 53.5 Å². The second-order valence-corrected chi connectivity index (χ2v) is 3.76. The molecule has 2 aromatic rings. The molecule has 3 heterocycles. The van der Waals surface area contributed by atoms with Crippen molar-refractivity contribution < 1.29 is 18.4 Å².